The standard InChI is InChI=1S/C19H24N2/c20-17-11-13-18(14-12-17)21-19(15-7-3-1-4-8-15)16-9-5-2-6-10-16/h1-10,17-19,21H,11-14,20H2. The van der Waals surface area contributed by atoms with Crippen molar-refractivity contribution in [3.63, 3.8) is 0 Å². The second kappa shape index (κ2) is 6.88. The van der Waals surface area contributed by atoms with E-state index in [1.807, 2.05) is 0 Å². The molecule has 1 aliphatic rings. The van der Waals surface area contributed by atoms with Crippen LogP contribution in [0.4, 0.5) is 0 Å². The Morgan fingerprint density at radius 2 is 1.24 bits per heavy atom. The molecule has 0 spiro atoms. The first-order chi connectivity index (χ1) is 10.3. The third-order valence-corrected chi connectivity index (χ3v) is 4.44. The summed E-state index contributed by atoms with van der Waals surface area (Å²) in [5, 5.41) is 3.85. The molecule has 2 aromatic rings. The van der Waals surface area contributed by atoms with Crippen molar-refractivity contribution >= 4 is 0 Å². The number of hydrogen-bond donors (Lipinski definition) is 2. The van der Waals surface area contributed by atoms with Crippen LogP contribution < -0.4 is 11.1 Å². The maximum atomic E-state index is 6.02. The first kappa shape index (κ1) is 14.3. The lowest BCUT2D eigenvalue weighted by Gasteiger charge is -2.31. The van der Waals surface area contributed by atoms with E-state index >= 15 is 0 Å². The minimum absolute atomic E-state index is 0.270. The zero-order chi connectivity index (χ0) is 14.5. The van der Waals surface area contributed by atoms with Gasteiger partial charge in [-0.25, -0.2) is 0 Å². The fraction of sp³-hybridized carbons (Fsp3) is 0.368. The molecule has 0 heterocycles. The minimum atomic E-state index is 0.270. The monoisotopic (exact) mass is 280 g/mol. The summed E-state index contributed by atoms with van der Waals surface area (Å²) in [6, 6.07) is 22.7. The normalized spacial score (nSPS) is 22.4. The maximum absolute atomic E-state index is 6.02. The first-order valence-corrected chi connectivity index (χ1v) is 7.94. The Bertz CT molecular complexity index is 491. The predicted molar refractivity (Wildman–Crippen MR) is 88.1 cm³/mol. The second-order valence-electron chi connectivity index (χ2n) is 6.03. The molecule has 3 rings (SSSR count). The summed E-state index contributed by atoms with van der Waals surface area (Å²) < 4.78 is 0. The van der Waals surface area contributed by atoms with Crippen LogP contribution in [0.1, 0.15) is 42.9 Å². The van der Waals surface area contributed by atoms with Gasteiger partial charge in [0.1, 0.15) is 0 Å². The summed E-state index contributed by atoms with van der Waals surface area (Å²) in [5.74, 6) is 0. The Kier molecular flexibility index (Phi) is 4.69. The van der Waals surface area contributed by atoms with Crippen molar-refractivity contribution in [2.75, 3.05) is 0 Å². The minimum Gasteiger partial charge on any atom is -0.328 e. The average molecular weight is 280 g/mol. The summed E-state index contributed by atoms with van der Waals surface area (Å²) in [6.07, 6.45) is 4.62. The Morgan fingerprint density at radius 3 is 1.71 bits per heavy atom. The fourth-order valence-corrected chi connectivity index (χ4v) is 3.20. The summed E-state index contributed by atoms with van der Waals surface area (Å²) in [5.41, 5.74) is 8.69. The quantitative estimate of drug-likeness (QED) is 0.897. The molecule has 0 amide bonds. The highest BCUT2D eigenvalue weighted by atomic mass is 15.0. The van der Waals surface area contributed by atoms with Crippen molar-refractivity contribution in [2.45, 2.75) is 43.8 Å². The molecular weight excluding hydrogens is 256 g/mol. The Hall–Kier alpha value is -1.64. The molecule has 0 atom stereocenters. The molecule has 0 radical (unpaired) electrons. The third kappa shape index (κ3) is 3.72. The van der Waals surface area contributed by atoms with Gasteiger partial charge in [-0.05, 0) is 36.8 Å². The van der Waals surface area contributed by atoms with Gasteiger partial charge in [0.15, 0.2) is 0 Å². The van der Waals surface area contributed by atoms with Crippen molar-refractivity contribution in [1.82, 2.24) is 5.32 Å². The van der Waals surface area contributed by atoms with Gasteiger partial charge >= 0.3 is 0 Å². The van der Waals surface area contributed by atoms with Gasteiger partial charge in [-0.1, -0.05) is 60.7 Å². The molecule has 1 aliphatic carbocycles. The molecule has 0 bridgehead atoms. The van der Waals surface area contributed by atoms with E-state index in [0.29, 0.717) is 12.1 Å². The molecule has 3 N–H and O–H groups in total. The van der Waals surface area contributed by atoms with E-state index < -0.39 is 0 Å². The van der Waals surface area contributed by atoms with Gasteiger partial charge in [-0.15, -0.1) is 0 Å². The summed E-state index contributed by atoms with van der Waals surface area (Å²) in [4.78, 5) is 0. The molecule has 21 heavy (non-hydrogen) atoms. The molecule has 1 fully saturated rings. The SMILES string of the molecule is NC1CCC(NC(c2ccccc2)c2ccccc2)CC1. The van der Waals surface area contributed by atoms with E-state index in [4.69, 9.17) is 5.73 Å². The highest BCUT2D eigenvalue weighted by molar-refractivity contribution is 5.31. The number of rotatable bonds is 4. The van der Waals surface area contributed by atoms with Crippen LogP contribution in [0, 0.1) is 0 Å². The predicted octanol–water partition coefficient (Wildman–Crippen LogP) is 3.64. The van der Waals surface area contributed by atoms with E-state index in [1.165, 1.54) is 24.0 Å². The van der Waals surface area contributed by atoms with Crippen LogP contribution in [0.15, 0.2) is 60.7 Å². The van der Waals surface area contributed by atoms with Gasteiger partial charge < -0.3 is 11.1 Å². The zero-order valence-corrected chi connectivity index (χ0v) is 12.4. The van der Waals surface area contributed by atoms with Gasteiger partial charge in [-0.3, -0.25) is 0 Å². The van der Waals surface area contributed by atoms with Crippen LogP contribution in [0.5, 0.6) is 0 Å². The number of nitrogens with two attached hydrogens (primary N) is 1. The number of nitrogens with one attached hydrogen (secondary N) is 1. The first-order valence-electron chi connectivity index (χ1n) is 7.94. The van der Waals surface area contributed by atoms with Crippen LogP contribution in [0.25, 0.3) is 0 Å². The average Bonchev–Trinajstić information content (AvgIpc) is 2.56. The number of benzene rings is 2. The van der Waals surface area contributed by atoms with Crippen molar-refractivity contribution in [2.24, 2.45) is 5.73 Å². The maximum Gasteiger partial charge on any atom is 0.0578 e. The summed E-state index contributed by atoms with van der Waals surface area (Å²) in [7, 11) is 0. The van der Waals surface area contributed by atoms with Crippen LogP contribution >= 0.6 is 0 Å². The number of hydrogen-bond acceptors (Lipinski definition) is 2. The smallest absolute Gasteiger partial charge is 0.0578 e. The van der Waals surface area contributed by atoms with Gasteiger partial charge in [-0.2, -0.15) is 0 Å². The van der Waals surface area contributed by atoms with Crippen LogP contribution in [0.2, 0.25) is 0 Å². The lowest BCUT2D eigenvalue weighted by Crippen LogP contribution is -2.39. The van der Waals surface area contributed by atoms with Crippen molar-refractivity contribution in [1.29, 1.82) is 0 Å². The second-order valence-corrected chi connectivity index (χ2v) is 6.03. The van der Waals surface area contributed by atoms with Crippen molar-refractivity contribution in [3.8, 4) is 0 Å². The molecule has 2 nitrogen and oxygen atoms in total. The Balaban J connectivity index is 1.80. The molecule has 2 aromatic carbocycles. The highest BCUT2D eigenvalue weighted by Crippen LogP contribution is 2.26. The largest absolute Gasteiger partial charge is 0.328 e. The Morgan fingerprint density at radius 1 is 0.762 bits per heavy atom. The molecule has 0 saturated heterocycles. The molecule has 2 heteroatoms. The topological polar surface area (TPSA) is 38.0 Å². The van der Waals surface area contributed by atoms with Gasteiger partial charge in [0, 0.05) is 12.1 Å². The molecule has 0 unspecified atom stereocenters. The van der Waals surface area contributed by atoms with E-state index in [9.17, 15) is 0 Å². The fourth-order valence-electron chi connectivity index (χ4n) is 3.20. The summed E-state index contributed by atoms with van der Waals surface area (Å²) >= 11 is 0. The molecular formula is C19H24N2. The van der Waals surface area contributed by atoms with Crippen molar-refractivity contribution in [3.05, 3.63) is 71.8 Å². The molecule has 0 aliphatic heterocycles. The van der Waals surface area contributed by atoms with E-state index in [-0.39, 0.29) is 6.04 Å². The van der Waals surface area contributed by atoms with Crippen LogP contribution in [0.3, 0.4) is 0 Å². The molecule has 0 aromatic heterocycles. The Labute approximate surface area is 127 Å². The van der Waals surface area contributed by atoms with E-state index in [1.54, 1.807) is 0 Å². The molecule has 110 valence electrons. The zero-order valence-electron chi connectivity index (χ0n) is 12.4. The van der Waals surface area contributed by atoms with Crippen LogP contribution in [-0.4, -0.2) is 12.1 Å². The lowest BCUT2D eigenvalue weighted by molar-refractivity contribution is 0.328. The van der Waals surface area contributed by atoms with Crippen LogP contribution in [-0.2, 0) is 0 Å². The third-order valence-electron chi connectivity index (χ3n) is 4.44. The van der Waals surface area contributed by atoms with Gasteiger partial charge in [0.2, 0.25) is 0 Å². The lowest BCUT2D eigenvalue weighted by atomic mass is 9.89. The highest BCUT2D eigenvalue weighted by Gasteiger charge is 2.22. The van der Waals surface area contributed by atoms with E-state index in [0.717, 1.165) is 12.8 Å². The molecule has 1 saturated carbocycles. The van der Waals surface area contributed by atoms with Gasteiger partial charge in [0.25, 0.3) is 0 Å². The van der Waals surface area contributed by atoms with Crippen molar-refractivity contribution < 1.29 is 0 Å². The van der Waals surface area contributed by atoms with Gasteiger partial charge in [0.05, 0.1) is 6.04 Å². The summed E-state index contributed by atoms with van der Waals surface area (Å²) in [6.45, 7) is 0. The van der Waals surface area contributed by atoms with E-state index in [2.05, 4.69) is 66.0 Å².